The summed E-state index contributed by atoms with van der Waals surface area (Å²) in [6.07, 6.45) is 4.02. The number of rotatable bonds is 4. The first-order valence-corrected chi connectivity index (χ1v) is 4.62. The molecule has 0 bridgehead atoms. The molecule has 0 aromatic rings. The molecule has 1 unspecified atom stereocenters. The Hall–Kier alpha value is -0.790. The second-order valence-corrected chi connectivity index (χ2v) is 3.52. The molecular formula is C10H16O2. The van der Waals surface area contributed by atoms with Crippen molar-refractivity contribution in [1.29, 1.82) is 0 Å². The first-order valence-electron chi connectivity index (χ1n) is 4.62. The fourth-order valence-corrected chi connectivity index (χ4v) is 1.72. The average Bonchev–Trinajstić information content (AvgIpc) is 2.00. The minimum absolute atomic E-state index is 0.516. The summed E-state index contributed by atoms with van der Waals surface area (Å²) in [5.41, 5.74) is 1.86. The highest BCUT2D eigenvalue weighted by atomic mass is 16.4. The zero-order chi connectivity index (χ0) is 9.14. The summed E-state index contributed by atoms with van der Waals surface area (Å²) < 4.78 is 0. The highest BCUT2D eigenvalue weighted by Gasteiger charge is 2.29. The second kappa shape index (κ2) is 3.74. The molecule has 0 radical (unpaired) electrons. The molecule has 0 aromatic carbocycles. The summed E-state index contributed by atoms with van der Waals surface area (Å²) in [6.45, 7) is 4.24. The van der Waals surface area contributed by atoms with E-state index in [4.69, 9.17) is 5.11 Å². The molecule has 0 aliphatic heterocycles. The average molecular weight is 168 g/mol. The Labute approximate surface area is 73.3 Å². The molecule has 1 N–H and O–H groups in total. The third kappa shape index (κ3) is 1.68. The third-order valence-electron chi connectivity index (χ3n) is 2.55. The van der Waals surface area contributed by atoms with Crippen molar-refractivity contribution < 1.29 is 9.90 Å². The van der Waals surface area contributed by atoms with Gasteiger partial charge >= 0.3 is 5.97 Å². The van der Waals surface area contributed by atoms with E-state index in [0.717, 1.165) is 25.7 Å². The van der Waals surface area contributed by atoms with Crippen molar-refractivity contribution in [2.24, 2.45) is 5.92 Å². The molecule has 0 fully saturated rings. The molecule has 2 heteroatoms. The van der Waals surface area contributed by atoms with Crippen LogP contribution in [0.5, 0.6) is 0 Å². The molecule has 1 aliphatic carbocycles. The number of carboxylic acid groups (broad SMARTS) is 1. The Morgan fingerprint density at radius 3 is 2.75 bits per heavy atom. The lowest BCUT2D eigenvalue weighted by atomic mass is 9.76. The van der Waals surface area contributed by atoms with Gasteiger partial charge in [-0.15, -0.1) is 0 Å². The van der Waals surface area contributed by atoms with Crippen LogP contribution in [0.3, 0.4) is 0 Å². The molecule has 1 rings (SSSR count). The minimum Gasteiger partial charge on any atom is -0.478 e. The van der Waals surface area contributed by atoms with Crippen LogP contribution in [-0.4, -0.2) is 11.1 Å². The van der Waals surface area contributed by atoms with Crippen LogP contribution in [0, 0.1) is 5.92 Å². The number of carbonyl (C=O) groups is 1. The van der Waals surface area contributed by atoms with Gasteiger partial charge in [-0.25, -0.2) is 4.79 Å². The maximum atomic E-state index is 10.6. The SMILES string of the molecule is CCCCC1=C(C(=O)O)CC1C. The molecular weight excluding hydrogens is 152 g/mol. The van der Waals surface area contributed by atoms with Crippen LogP contribution in [0.2, 0.25) is 0 Å². The van der Waals surface area contributed by atoms with Gasteiger partial charge < -0.3 is 5.11 Å². The molecule has 0 spiro atoms. The van der Waals surface area contributed by atoms with Crippen molar-refractivity contribution >= 4 is 5.97 Å². The first-order chi connectivity index (χ1) is 5.66. The highest BCUT2D eigenvalue weighted by molar-refractivity contribution is 5.89. The van der Waals surface area contributed by atoms with Crippen molar-refractivity contribution in [3.63, 3.8) is 0 Å². The van der Waals surface area contributed by atoms with Gasteiger partial charge in [0.05, 0.1) is 0 Å². The first kappa shape index (κ1) is 9.30. The van der Waals surface area contributed by atoms with Gasteiger partial charge in [-0.05, 0) is 25.2 Å². The summed E-state index contributed by atoms with van der Waals surface area (Å²) in [7, 11) is 0. The maximum Gasteiger partial charge on any atom is 0.331 e. The van der Waals surface area contributed by atoms with E-state index < -0.39 is 5.97 Å². The van der Waals surface area contributed by atoms with Crippen LogP contribution >= 0.6 is 0 Å². The zero-order valence-electron chi connectivity index (χ0n) is 7.76. The van der Waals surface area contributed by atoms with Crippen LogP contribution in [0.4, 0.5) is 0 Å². The Bertz CT molecular complexity index is 216. The Balaban J connectivity index is 2.58. The molecule has 0 heterocycles. The Kier molecular flexibility index (Phi) is 2.90. The van der Waals surface area contributed by atoms with Crippen LogP contribution in [-0.2, 0) is 4.79 Å². The van der Waals surface area contributed by atoms with E-state index in [1.807, 2.05) is 0 Å². The summed E-state index contributed by atoms with van der Waals surface area (Å²) in [6, 6.07) is 0. The third-order valence-corrected chi connectivity index (χ3v) is 2.55. The highest BCUT2D eigenvalue weighted by Crippen LogP contribution is 2.37. The monoisotopic (exact) mass is 168 g/mol. The molecule has 68 valence electrons. The maximum absolute atomic E-state index is 10.6. The van der Waals surface area contributed by atoms with E-state index in [1.54, 1.807) is 0 Å². The van der Waals surface area contributed by atoms with Crippen LogP contribution < -0.4 is 0 Å². The predicted octanol–water partition coefficient (Wildman–Crippen LogP) is 2.60. The van der Waals surface area contributed by atoms with E-state index in [-0.39, 0.29) is 0 Å². The lowest BCUT2D eigenvalue weighted by Crippen LogP contribution is -2.21. The topological polar surface area (TPSA) is 37.3 Å². The largest absolute Gasteiger partial charge is 0.478 e. The van der Waals surface area contributed by atoms with E-state index in [0.29, 0.717) is 11.5 Å². The fourth-order valence-electron chi connectivity index (χ4n) is 1.72. The number of hydrogen-bond donors (Lipinski definition) is 1. The summed E-state index contributed by atoms with van der Waals surface area (Å²) in [4.78, 5) is 10.6. The number of carboxylic acids is 1. The van der Waals surface area contributed by atoms with Crippen molar-refractivity contribution in [3.05, 3.63) is 11.1 Å². The molecule has 1 aliphatic rings. The van der Waals surface area contributed by atoms with Crippen molar-refractivity contribution in [2.45, 2.75) is 39.5 Å². The number of hydrogen-bond acceptors (Lipinski definition) is 1. The van der Waals surface area contributed by atoms with Gasteiger partial charge in [-0.2, -0.15) is 0 Å². The van der Waals surface area contributed by atoms with Gasteiger partial charge in [0, 0.05) is 5.57 Å². The summed E-state index contributed by atoms with van der Waals surface area (Å²) >= 11 is 0. The quantitative estimate of drug-likeness (QED) is 0.700. The number of allylic oxidation sites excluding steroid dienone is 1. The Morgan fingerprint density at radius 2 is 2.33 bits per heavy atom. The van der Waals surface area contributed by atoms with Gasteiger partial charge in [-0.3, -0.25) is 0 Å². The van der Waals surface area contributed by atoms with E-state index in [2.05, 4.69) is 13.8 Å². The van der Waals surface area contributed by atoms with E-state index >= 15 is 0 Å². The van der Waals surface area contributed by atoms with Crippen molar-refractivity contribution in [1.82, 2.24) is 0 Å². The standard InChI is InChI=1S/C10H16O2/c1-3-4-5-8-7(2)6-9(8)10(11)12/h7H,3-6H2,1-2H3,(H,11,12). The number of aliphatic carboxylic acids is 1. The lowest BCUT2D eigenvalue weighted by Gasteiger charge is -2.28. The molecule has 0 saturated heterocycles. The molecule has 0 saturated carbocycles. The molecule has 2 nitrogen and oxygen atoms in total. The molecule has 12 heavy (non-hydrogen) atoms. The summed E-state index contributed by atoms with van der Waals surface area (Å²) in [5, 5.41) is 8.76. The van der Waals surface area contributed by atoms with E-state index in [9.17, 15) is 4.79 Å². The molecule has 0 amide bonds. The van der Waals surface area contributed by atoms with Gasteiger partial charge in [0.1, 0.15) is 0 Å². The van der Waals surface area contributed by atoms with Crippen molar-refractivity contribution in [3.8, 4) is 0 Å². The predicted molar refractivity (Wildman–Crippen MR) is 48.0 cm³/mol. The van der Waals surface area contributed by atoms with Gasteiger partial charge in [0.25, 0.3) is 0 Å². The number of unbranched alkanes of at least 4 members (excludes halogenated alkanes) is 1. The Morgan fingerprint density at radius 1 is 1.67 bits per heavy atom. The molecule has 0 aromatic heterocycles. The molecule has 1 atom stereocenters. The van der Waals surface area contributed by atoms with Crippen molar-refractivity contribution in [2.75, 3.05) is 0 Å². The van der Waals surface area contributed by atoms with Crippen LogP contribution in [0.1, 0.15) is 39.5 Å². The fraction of sp³-hybridized carbons (Fsp3) is 0.700. The minimum atomic E-state index is -0.709. The zero-order valence-corrected chi connectivity index (χ0v) is 7.76. The summed E-state index contributed by atoms with van der Waals surface area (Å²) in [5.74, 6) is -0.193. The smallest absolute Gasteiger partial charge is 0.331 e. The van der Waals surface area contributed by atoms with E-state index in [1.165, 1.54) is 5.57 Å². The van der Waals surface area contributed by atoms with Crippen LogP contribution in [0.15, 0.2) is 11.1 Å². The second-order valence-electron chi connectivity index (χ2n) is 3.52. The lowest BCUT2D eigenvalue weighted by molar-refractivity contribution is -0.133. The normalized spacial score (nSPS) is 22.3. The van der Waals surface area contributed by atoms with Crippen LogP contribution in [0.25, 0.3) is 0 Å². The van der Waals surface area contributed by atoms with Gasteiger partial charge in [-0.1, -0.05) is 25.8 Å². The van der Waals surface area contributed by atoms with Gasteiger partial charge in [0.15, 0.2) is 0 Å². The van der Waals surface area contributed by atoms with Gasteiger partial charge in [0.2, 0.25) is 0 Å².